The number of benzene rings is 2. The summed E-state index contributed by atoms with van der Waals surface area (Å²) in [6.07, 6.45) is 0. The number of halogens is 2. The Kier molecular flexibility index (Phi) is 5.74. The van der Waals surface area contributed by atoms with E-state index in [2.05, 4.69) is 0 Å². The Morgan fingerprint density at radius 1 is 1.00 bits per heavy atom. The third kappa shape index (κ3) is 4.27. The van der Waals surface area contributed by atoms with E-state index in [1.54, 1.807) is 12.1 Å². The van der Waals surface area contributed by atoms with Gasteiger partial charge in [-0.15, -0.1) is 0 Å². The summed E-state index contributed by atoms with van der Waals surface area (Å²) in [6, 6.07) is 11.0. The van der Waals surface area contributed by atoms with Crippen molar-refractivity contribution in [3.05, 3.63) is 57.6 Å². The molecule has 0 radical (unpaired) electrons. The zero-order chi connectivity index (χ0) is 15.2. The van der Waals surface area contributed by atoms with Gasteiger partial charge in [-0.3, -0.25) is 0 Å². The van der Waals surface area contributed by atoms with Gasteiger partial charge in [0.05, 0.1) is 6.61 Å². The first-order valence-corrected chi connectivity index (χ1v) is 7.42. The molecular weight excluding hydrogens is 309 g/mol. The molecule has 0 amide bonds. The molecule has 0 bridgehead atoms. The van der Waals surface area contributed by atoms with Gasteiger partial charge < -0.3 is 15.2 Å². The lowest BCUT2D eigenvalue weighted by molar-refractivity contribution is 0.269. The Labute approximate surface area is 134 Å². The zero-order valence-electron chi connectivity index (χ0n) is 11.7. The van der Waals surface area contributed by atoms with E-state index in [0.717, 1.165) is 11.1 Å². The SMILES string of the molecule is CCOc1cc(CN)ccc1OCc1ccc(Cl)cc1Cl. The number of rotatable bonds is 6. The monoisotopic (exact) mass is 325 g/mol. The highest BCUT2D eigenvalue weighted by Crippen LogP contribution is 2.30. The van der Waals surface area contributed by atoms with E-state index in [1.165, 1.54) is 0 Å². The largest absolute Gasteiger partial charge is 0.490 e. The van der Waals surface area contributed by atoms with Crippen LogP contribution in [-0.2, 0) is 13.2 Å². The van der Waals surface area contributed by atoms with Crippen molar-refractivity contribution in [1.82, 2.24) is 0 Å². The standard InChI is InChI=1S/C16H17Cl2NO2/c1-2-20-16-7-11(9-19)3-6-15(16)21-10-12-4-5-13(17)8-14(12)18/h3-8H,2,9-10,19H2,1H3. The first-order chi connectivity index (χ1) is 10.1. The van der Waals surface area contributed by atoms with Crippen LogP contribution in [0.3, 0.4) is 0 Å². The third-order valence-electron chi connectivity index (χ3n) is 2.94. The van der Waals surface area contributed by atoms with Crippen molar-refractivity contribution in [2.45, 2.75) is 20.1 Å². The summed E-state index contributed by atoms with van der Waals surface area (Å²) >= 11 is 12.0. The molecule has 112 valence electrons. The van der Waals surface area contributed by atoms with Crippen molar-refractivity contribution < 1.29 is 9.47 Å². The summed E-state index contributed by atoms with van der Waals surface area (Å²) in [7, 11) is 0. The van der Waals surface area contributed by atoms with Gasteiger partial charge >= 0.3 is 0 Å². The lowest BCUT2D eigenvalue weighted by Crippen LogP contribution is -2.02. The van der Waals surface area contributed by atoms with Crippen molar-refractivity contribution in [3.63, 3.8) is 0 Å². The van der Waals surface area contributed by atoms with Gasteiger partial charge in [0, 0.05) is 22.2 Å². The van der Waals surface area contributed by atoms with Gasteiger partial charge in [-0.1, -0.05) is 35.3 Å². The summed E-state index contributed by atoms with van der Waals surface area (Å²) < 4.78 is 11.4. The Balaban J connectivity index is 2.15. The molecule has 21 heavy (non-hydrogen) atoms. The summed E-state index contributed by atoms with van der Waals surface area (Å²) in [5.74, 6) is 1.35. The lowest BCUT2D eigenvalue weighted by Gasteiger charge is -2.13. The van der Waals surface area contributed by atoms with Crippen molar-refractivity contribution in [2.24, 2.45) is 5.73 Å². The molecule has 2 aromatic carbocycles. The van der Waals surface area contributed by atoms with Crippen LogP contribution in [0.4, 0.5) is 0 Å². The second-order valence-corrected chi connectivity index (χ2v) is 5.29. The van der Waals surface area contributed by atoms with Crippen LogP contribution in [0.25, 0.3) is 0 Å². The van der Waals surface area contributed by atoms with Crippen LogP contribution < -0.4 is 15.2 Å². The molecule has 2 N–H and O–H groups in total. The predicted octanol–water partition coefficient (Wildman–Crippen LogP) is 4.43. The first-order valence-electron chi connectivity index (χ1n) is 6.66. The van der Waals surface area contributed by atoms with E-state index >= 15 is 0 Å². The van der Waals surface area contributed by atoms with E-state index in [-0.39, 0.29) is 0 Å². The van der Waals surface area contributed by atoms with Crippen LogP contribution in [0.1, 0.15) is 18.1 Å². The van der Waals surface area contributed by atoms with E-state index in [4.69, 9.17) is 38.4 Å². The maximum absolute atomic E-state index is 6.13. The van der Waals surface area contributed by atoms with Crippen molar-refractivity contribution in [3.8, 4) is 11.5 Å². The molecule has 3 nitrogen and oxygen atoms in total. The van der Waals surface area contributed by atoms with Crippen molar-refractivity contribution >= 4 is 23.2 Å². The van der Waals surface area contributed by atoms with Gasteiger partial charge in [0.2, 0.25) is 0 Å². The summed E-state index contributed by atoms with van der Waals surface area (Å²) in [5, 5.41) is 1.19. The number of ether oxygens (including phenoxy) is 2. The maximum atomic E-state index is 6.13. The molecule has 0 aromatic heterocycles. The molecule has 0 saturated heterocycles. The molecule has 0 unspecified atom stereocenters. The van der Waals surface area contributed by atoms with Crippen molar-refractivity contribution in [1.29, 1.82) is 0 Å². The van der Waals surface area contributed by atoms with Gasteiger partial charge in [-0.25, -0.2) is 0 Å². The first kappa shape index (κ1) is 16.0. The van der Waals surface area contributed by atoms with Gasteiger partial charge in [0.25, 0.3) is 0 Å². The molecule has 0 aliphatic carbocycles. The van der Waals surface area contributed by atoms with E-state index < -0.39 is 0 Å². The fourth-order valence-electron chi connectivity index (χ4n) is 1.86. The topological polar surface area (TPSA) is 44.5 Å². The number of hydrogen-bond donors (Lipinski definition) is 1. The van der Waals surface area contributed by atoms with Gasteiger partial charge in [0.15, 0.2) is 11.5 Å². The normalized spacial score (nSPS) is 10.5. The molecule has 5 heteroatoms. The Hall–Kier alpha value is -1.42. The molecule has 2 rings (SSSR count). The number of nitrogens with two attached hydrogens (primary N) is 1. The molecule has 0 saturated carbocycles. The fourth-order valence-corrected chi connectivity index (χ4v) is 2.32. The van der Waals surface area contributed by atoms with E-state index in [1.807, 2.05) is 31.2 Å². The van der Waals surface area contributed by atoms with Crippen LogP contribution in [0.5, 0.6) is 11.5 Å². The molecule has 0 aliphatic heterocycles. The second-order valence-electron chi connectivity index (χ2n) is 4.44. The average molecular weight is 326 g/mol. The highest BCUT2D eigenvalue weighted by Gasteiger charge is 2.08. The maximum Gasteiger partial charge on any atom is 0.161 e. The van der Waals surface area contributed by atoms with E-state index in [9.17, 15) is 0 Å². The summed E-state index contributed by atoms with van der Waals surface area (Å²) in [6.45, 7) is 3.29. The van der Waals surface area contributed by atoms with Crippen LogP contribution in [0.2, 0.25) is 10.0 Å². The Morgan fingerprint density at radius 2 is 1.81 bits per heavy atom. The van der Waals surface area contributed by atoms with Crippen molar-refractivity contribution in [2.75, 3.05) is 6.61 Å². The van der Waals surface area contributed by atoms with Gasteiger partial charge in [0.1, 0.15) is 6.61 Å². The predicted molar refractivity (Wildman–Crippen MR) is 86.3 cm³/mol. The summed E-state index contributed by atoms with van der Waals surface area (Å²) in [5.41, 5.74) is 7.50. The molecule has 0 fully saturated rings. The van der Waals surface area contributed by atoms with Crippen LogP contribution in [0, 0.1) is 0 Å². The fraction of sp³-hybridized carbons (Fsp3) is 0.250. The average Bonchev–Trinajstić information content (AvgIpc) is 2.47. The number of hydrogen-bond acceptors (Lipinski definition) is 3. The Morgan fingerprint density at radius 3 is 2.48 bits per heavy atom. The minimum Gasteiger partial charge on any atom is -0.490 e. The molecule has 0 atom stereocenters. The second kappa shape index (κ2) is 7.55. The molecule has 0 aliphatic rings. The van der Waals surface area contributed by atoms with E-state index in [0.29, 0.717) is 41.3 Å². The highest BCUT2D eigenvalue weighted by atomic mass is 35.5. The summed E-state index contributed by atoms with van der Waals surface area (Å²) in [4.78, 5) is 0. The minimum absolute atomic E-state index is 0.345. The molecule has 2 aromatic rings. The third-order valence-corrected chi connectivity index (χ3v) is 3.53. The highest BCUT2D eigenvalue weighted by molar-refractivity contribution is 6.35. The van der Waals surface area contributed by atoms with Gasteiger partial charge in [-0.2, -0.15) is 0 Å². The Bertz CT molecular complexity index is 617. The molecular formula is C16H17Cl2NO2. The van der Waals surface area contributed by atoms with Gasteiger partial charge in [-0.05, 0) is 36.8 Å². The minimum atomic E-state index is 0.345. The molecule has 0 heterocycles. The van der Waals surface area contributed by atoms with Crippen LogP contribution >= 0.6 is 23.2 Å². The lowest BCUT2D eigenvalue weighted by atomic mass is 10.2. The smallest absolute Gasteiger partial charge is 0.161 e. The quantitative estimate of drug-likeness (QED) is 0.854. The zero-order valence-corrected chi connectivity index (χ0v) is 13.2. The molecule has 0 spiro atoms. The van der Waals surface area contributed by atoms with Crippen LogP contribution in [0.15, 0.2) is 36.4 Å². The van der Waals surface area contributed by atoms with Crippen LogP contribution in [-0.4, -0.2) is 6.61 Å².